The van der Waals surface area contributed by atoms with E-state index in [2.05, 4.69) is 9.93 Å². The Bertz CT molecular complexity index is 639. The molecule has 1 aromatic carbocycles. The van der Waals surface area contributed by atoms with Crippen LogP contribution in [0.15, 0.2) is 40.3 Å². The van der Waals surface area contributed by atoms with Crippen molar-refractivity contribution < 1.29 is 8.42 Å². The first kappa shape index (κ1) is 11.5. The molecule has 0 heterocycles. The molecule has 0 unspecified atom stereocenters. The largest absolute Gasteiger partial charge is 0.276 e. The third kappa shape index (κ3) is 1.79. The zero-order valence-corrected chi connectivity index (χ0v) is 11.3. The van der Waals surface area contributed by atoms with Gasteiger partial charge in [-0.1, -0.05) is 18.2 Å². The Morgan fingerprint density at radius 3 is 2.58 bits per heavy atom. The van der Waals surface area contributed by atoms with Gasteiger partial charge in [0.05, 0.1) is 4.90 Å². The monoisotopic (exact) mass is 276 g/mol. The Morgan fingerprint density at radius 2 is 1.89 bits per heavy atom. The van der Waals surface area contributed by atoms with Crippen LogP contribution in [0.25, 0.3) is 0 Å². The van der Waals surface area contributed by atoms with Crippen LogP contribution in [0.3, 0.4) is 0 Å². The highest BCUT2D eigenvalue weighted by Gasteiger charge is 2.60. The summed E-state index contributed by atoms with van der Waals surface area (Å²) in [4.78, 5) is 2.67. The van der Waals surface area contributed by atoms with Gasteiger partial charge in [0.15, 0.2) is 0 Å². The van der Waals surface area contributed by atoms with Gasteiger partial charge in [-0.25, -0.2) is 4.83 Å². The Hall–Kier alpha value is -1.36. The number of rotatable bonds is 3. The smallest absolute Gasteiger partial charge is 0.200 e. The van der Waals surface area contributed by atoms with Crippen LogP contribution in [0.4, 0.5) is 0 Å². The summed E-state index contributed by atoms with van der Waals surface area (Å²) in [6.45, 7) is 0. The second kappa shape index (κ2) is 3.82. The van der Waals surface area contributed by atoms with Crippen LogP contribution < -0.4 is 4.83 Å². The first-order valence-electron chi connectivity index (χ1n) is 6.78. The summed E-state index contributed by atoms with van der Waals surface area (Å²) in [7, 11) is -3.51. The molecular weight excluding hydrogens is 260 g/mol. The highest BCUT2D eigenvalue weighted by atomic mass is 32.2. The molecule has 4 rings (SSSR count). The van der Waals surface area contributed by atoms with Crippen LogP contribution in [0.2, 0.25) is 0 Å². The lowest BCUT2D eigenvalue weighted by atomic mass is 9.99. The molecule has 3 aliphatic rings. The van der Waals surface area contributed by atoms with Crippen molar-refractivity contribution in [3.8, 4) is 0 Å². The first-order valence-corrected chi connectivity index (χ1v) is 8.27. The minimum atomic E-state index is -3.51. The number of fused-ring (bicyclic) bond motifs is 5. The van der Waals surface area contributed by atoms with Crippen molar-refractivity contribution in [2.75, 3.05) is 0 Å². The third-order valence-electron chi connectivity index (χ3n) is 4.83. The normalized spacial score (nSPS) is 37.4. The Labute approximate surface area is 113 Å². The molecule has 0 spiro atoms. The number of nitrogens with one attached hydrogen (secondary N) is 1. The highest BCUT2D eigenvalue weighted by molar-refractivity contribution is 7.89. The maximum Gasteiger partial charge on any atom is 0.276 e. The van der Waals surface area contributed by atoms with Gasteiger partial charge in [0.25, 0.3) is 10.0 Å². The molecule has 3 fully saturated rings. The predicted molar refractivity (Wildman–Crippen MR) is 72.0 cm³/mol. The van der Waals surface area contributed by atoms with Crippen LogP contribution in [-0.4, -0.2) is 14.1 Å². The second-order valence-corrected chi connectivity index (χ2v) is 7.54. The summed E-state index contributed by atoms with van der Waals surface area (Å²) in [6.07, 6.45) is 3.55. The van der Waals surface area contributed by atoms with Crippen LogP contribution in [0, 0.1) is 23.7 Å². The first-order chi connectivity index (χ1) is 9.15. The molecule has 0 aliphatic heterocycles. The lowest BCUT2D eigenvalue weighted by Gasteiger charge is -2.12. The zero-order valence-electron chi connectivity index (χ0n) is 10.5. The van der Waals surface area contributed by atoms with E-state index in [1.807, 2.05) is 0 Å². The molecule has 4 atom stereocenters. The number of hydrazone groups is 1. The van der Waals surface area contributed by atoms with Gasteiger partial charge >= 0.3 is 0 Å². The maximum absolute atomic E-state index is 12.1. The number of hydrogen-bond acceptors (Lipinski definition) is 3. The van der Waals surface area contributed by atoms with E-state index in [4.69, 9.17) is 0 Å². The van der Waals surface area contributed by atoms with Crippen molar-refractivity contribution >= 4 is 15.7 Å². The van der Waals surface area contributed by atoms with Crippen molar-refractivity contribution in [2.45, 2.75) is 24.2 Å². The van der Waals surface area contributed by atoms with E-state index in [0.717, 1.165) is 29.9 Å². The summed E-state index contributed by atoms with van der Waals surface area (Å²) < 4.78 is 24.1. The van der Waals surface area contributed by atoms with Crippen molar-refractivity contribution in [3.63, 3.8) is 0 Å². The number of benzene rings is 1. The number of nitrogens with zero attached hydrogens (tertiary/aromatic N) is 1. The molecule has 0 amide bonds. The van der Waals surface area contributed by atoms with Crippen molar-refractivity contribution in [1.82, 2.24) is 4.83 Å². The fraction of sp³-hybridized carbons (Fsp3) is 0.500. The van der Waals surface area contributed by atoms with E-state index < -0.39 is 10.0 Å². The van der Waals surface area contributed by atoms with Gasteiger partial charge in [0.1, 0.15) is 0 Å². The van der Waals surface area contributed by atoms with Gasteiger partial charge in [-0.3, -0.25) is 0 Å². The molecule has 19 heavy (non-hydrogen) atoms. The van der Waals surface area contributed by atoms with E-state index in [1.54, 1.807) is 30.3 Å². The van der Waals surface area contributed by atoms with Crippen molar-refractivity contribution in [2.24, 2.45) is 28.8 Å². The zero-order chi connectivity index (χ0) is 13.0. The van der Waals surface area contributed by atoms with Crippen molar-refractivity contribution in [3.05, 3.63) is 30.3 Å². The molecule has 1 aromatic rings. The average Bonchev–Trinajstić information content (AvgIpc) is 3.04. The number of hydrogen-bond donors (Lipinski definition) is 1. The lowest BCUT2D eigenvalue weighted by molar-refractivity contribution is 0.522. The van der Waals surface area contributed by atoms with Gasteiger partial charge in [0.2, 0.25) is 0 Å². The molecule has 3 aliphatic carbocycles. The van der Waals surface area contributed by atoms with Gasteiger partial charge in [-0.2, -0.15) is 13.5 Å². The van der Waals surface area contributed by atoms with Crippen LogP contribution in [-0.2, 0) is 10.0 Å². The third-order valence-corrected chi connectivity index (χ3v) is 6.06. The molecule has 0 saturated heterocycles. The van der Waals surface area contributed by atoms with E-state index in [9.17, 15) is 8.42 Å². The molecule has 5 heteroatoms. The van der Waals surface area contributed by atoms with Crippen LogP contribution >= 0.6 is 0 Å². The van der Waals surface area contributed by atoms with E-state index in [1.165, 1.54) is 12.8 Å². The van der Waals surface area contributed by atoms with E-state index >= 15 is 0 Å². The second-order valence-electron chi connectivity index (χ2n) is 5.88. The predicted octanol–water partition coefficient (Wildman–Crippen LogP) is 2.00. The molecule has 3 saturated carbocycles. The Morgan fingerprint density at radius 1 is 1.11 bits per heavy atom. The Kier molecular flexibility index (Phi) is 2.31. The summed E-state index contributed by atoms with van der Waals surface area (Å²) in [5.74, 6) is 3.05. The van der Waals surface area contributed by atoms with Gasteiger partial charge in [-0.05, 0) is 49.1 Å². The fourth-order valence-corrected chi connectivity index (χ4v) is 4.71. The van der Waals surface area contributed by atoms with E-state index in [-0.39, 0.29) is 4.90 Å². The fourth-order valence-electron chi connectivity index (χ4n) is 3.85. The Balaban J connectivity index is 1.53. The lowest BCUT2D eigenvalue weighted by Crippen LogP contribution is -2.23. The highest BCUT2D eigenvalue weighted by Crippen LogP contribution is 2.64. The standard InChI is InChI=1S/C14H16N2O2S/c17-19(18,10-4-2-1-3-5-10)16-15-14-7-9-6-13(14)12-8-11(9)12/h1-5,9,11-13,16H,6-8H2/b15-14+/t9-,11-,12-,13+/m1/s1. The quantitative estimate of drug-likeness (QED) is 0.858. The molecule has 0 radical (unpaired) electrons. The minimum absolute atomic E-state index is 0.270. The SMILES string of the molecule is O=S(=O)(N/N=C1\C[C@H]2C[C@H]1[C@@H]1C[C@H]21)c1ccccc1. The topological polar surface area (TPSA) is 58.5 Å². The molecule has 100 valence electrons. The molecular formula is C14H16N2O2S. The summed E-state index contributed by atoms with van der Waals surface area (Å²) in [6, 6.07) is 8.40. The molecule has 4 nitrogen and oxygen atoms in total. The molecule has 0 aromatic heterocycles. The van der Waals surface area contributed by atoms with Crippen molar-refractivity contribution in [1.29, 1.82) is 0 Å². The number of sulfonamides is 1. The average molecular weight is 276 g/mol. The van der Waals surface area contributed by atoms with Crippen LogP contribution in [0.1, 0.15) is 19.3 Å². The van der Waals surface area contributed by atoms with Gasteiger partial charge in [0, 0.05) is 11.6 Å². The summed E-state index contributed by atoms with van der Waals surface area (Å²) in [5.41, 5.74) is 1.07. The summed E-state index contributed by atoms with van der Waals surface area (Å²) in [5, 5.41) is 4.21. The maximum atomic E-state index is 12.1. The molecule has 1 N–H and O–H groups in total. The van der Waals surface area contributed by atoms with Gasteiger partial charge < -0.3 is 0 Å². The molecule has 2 bridgehead atoms. The minimum Gasteiger partial charge on any atom is -0.200 e. The van der Waals surface area contributed by atoms with E-state index in [0.29, 0.717) is 5.92 Å². The van der Waals surface area contributed by atoms with Gasteiger partial charge in [-0.15, -0.1) is 0 Å². The summed E-state index contributed by atoms with van der Waals surface area (Å²) >= 11 is 0. The van der Waals surface area contributed by atoms with Crippen LogP contribution in [0.5, 0.6) is 0 Å².